The van der Waals surface area contributed by atoms with Gasteiger partial charge in [0.05, 0.1) is 11.8 Å². The Hall–Kier alpha value is -2.10. The summed E-state index contributed by atoms with van der Waals surface area (Å²) >= 11 is 0. The van der Waals surface area contributed by atoms with Gasteiger partial charge in [-0.25, -0.2) is 0 Å². The number of carboxylic acid groups (broad SMARTS) is 1. The van der Waals surface area contributed by atoms with Crippen molar-refractivity contribution in [3.63, 3.8) is 0 Å². The van der Waals surface area contributed by atoms with Crippen LogP contribution in [0.5, 0.6) is 0 Å². The van der Waals surface area contributed by atoms with Crippen LogP contribution >= 0.6 is 0 Å². The van der Waals surface area contributed by atoms with E-state index in [1.54, 1.807) is 0 Å². The van der Waals surface area contributed by atoms with Crippen molar-refractivity contribution in [2.75, 3.05) is 5.32 Å². The molecule has 22 heavy (non-hydrogen) atoms. The summed E-state index contributed by atoms with van der Waals surface area (Å²) in [6.07, 6.45) is 4.72. The molecule has 4 atom stereocenters. The van der Waals surface area contributed by atoms with E-state index in [9.17, 15) is 14.7 Å². The number of fused-ring (bicyclic) bond motifs is 2. The first-order valence-electron chi connectivity index (χ1n) is 7.79. The number of amides is 1. The van der Waals surface area contributed by atoms with Crippen LogP contribution in [0.3, 0.4) is 0 Å². The fraction of sp³-hybridized carbons (Fsp3) is 0.444. The van der Waals surface area contributed by atoms with E-state index in [4.69, 9.17) is 0 Å². The minimum absolute atomic E-state index is 0.00145. The van der Waals surface area contributed by atoms with E-state index < -0.39 is 17.8 Å². The Morgan fingerprint density at radius 3 is 2.23 bits per heavy atom. The van der Waals surface area contributed by atoms with Crippen molar-refractivity contribution in [2.24, 2.45) is 23.7 Å². The second kappa shape index (κ2) is 5.59. The van der Waals surface area contributed by atoms with E-state index in [0.717, 1.165) is 12.1 Å². The monoisotopic (exact) mass is 299 g/mol. The van der Waals surface area contributed by atoms with Gasteiger partial charge in [-0.15, -0.1) is 0 Å². The molecule has 2 aliphatic rings. The van der Waals surface area contributed by atoms with Gasteiger partial charge in [-0.2, -0.15) is 0 Å². The first-order valence-corrected chi connectivity index (χ1v) is 7.79. The summed E-state index contributed by atoms with van der Waals surface area (Å²) in [6.45, 7) is 4.24. The van der Waals surface area contributed by atoms with Crippen LogP contribution in [0.1, 0.15) is 31.7 Å². The van der Waals surface area contributed by atoms with E-state index in [1.807, 2.05) is 36.4 Å². The first-order chi connectivity index (χ1) is 10.5. The summed E-state index contributed by atoms with van der Waals surface area (Å²) in [7, 11) is 0. The van der Waals surface area contributed by atoms with Crippen molar-refractivity contribution in [3.8, 4) is 0 Å². The highest BCUT2D eigenvalue weighted by Crippen LogP contribution is 2.48. The molecular formula is C18H21NO3. The van der Waals surface area contributed by atoms with E-state index in [0.29, 0.717) is 5.92 Å². The Labute approximate surface area is 130 Å². The topological polar surface area (TPSA) is 66.4 Å². The van der Waals surface area contributed by atoms with E-state index in [1.165, 1.54) is 5.56 Å². The van der Waals surface area contributed by atoms with Crippen molar-refractivity contribution < 1.29 is 14.7 Å². The maximum Gasteiger partial charge on any atom is 0.307 e. The number of anilines is 1. The summed E-state index contributed by atoms with van der Waals surface area (Å²) in [5.41, 5.74) is 1.94. The van der Waals surface area contributed by atoms with Crippen LogP contribution in [0.4, 0.5) is 5.69 Å². The third-order valence-corrected chi connectivity index (χ3v) is 4.89. The van der Waals surface area contributed by atoms with Crippen LogP contribution in [0, 0.1) is 23.7 Å². The standard InChI is InChI=1S/C18H21NO3/c1-10(2)11-5-7-14(8-6-11)19-17(20)15-12-3-4-13(9-12)16(15)18(21)22/h3-8,10,12-13,15-16H,9H2,1-2H3,(H,19,20)(H,21,22)/t12-,13-,15-,16+/m0/s1. The highest BCUT2D eigenvalue weighted by atomic mass is 16.4. The van der Waals surface area contributed by atoms with Crippen LogP contribution in [0.2, 0.25) is 0 Å². The molecule has 0 heterocycles. The molecule has 116 valence electrons. The molecule has 2 N–H and O–H groups in total. The zero-order chi connectivity index (χ0) is 15.9. The van der Waals surface area contributed by atoms with Gasteiger partial charge in [0.2, 0.25) is 5.91 Å². The molecule has 4 heteroatoms. The second-order valence-electron chi connectivity index (χ2n) is 6.60. The average Bonchev–Trinajstić information content (AvgIpc) is 3.08. The number of rotatable bonds is 4. The Kier molecular flexibility index (Phi) is 3.77. The molecule has 3 rings (SSSR count). The van der Waals surface area contributed by atoms with Crippen molar-refractivity contribution in [1.29, 1.82) is 0 Å². The Balaban J connectivity index is 1.74. The Bertz CT molecular complexity index is 618. The molecule has 1 aromatic carbocycles. The maximum atomic E-state index is 12.5. The number of nitrogens with one attached hydrogen (secondary N) is 1. The molecule has 0 aromatic heterocycles. The Morgan fingerprint density at radius 2 is 1.68 bits per heavy atom. The lowest BCUT2D eigenvalue weighted by molar-refractivity contribution is -0.146. The van der Waals surface area contributed by atoms with Gasteiger partial charge in [-0.1, -0.05) is 38.1 Å². The lowest BCUT2D eigenvalue weighted by atomic mass is 9.82. The highest BCUT2D eigenvalue weighted by molar-refractivity contribution is 5.96. The molecule has 1 aromatic rings. The molecule has 1 saturated carbocycles. The number of hydrogen-bond acceptors (Lipinski definition) is 2. The summed E-state index contributed by atoms with van der Waals surface area (Å²) in [5.74, 6) is -1.60. The number of carbonyl (C=O) groups excluding carboxylic acids is 1. The molecule has 0 spiro atoms. The maximum absolute atomic E-state index is 12.5. The molecule has 0 saturated heterocycles. The zero-order valence-corrected chi connectivity index (χ0v) is 12.8. The third-order valence-electron chi connectivity index (χ3n) is 4.89. The normalized spacial score (nSPS) is 29.0. The summed E-state index contributed by atoms with van der Waals surface area (Å²) in [4.78, 5) is 24.0. The van der Waals surface area contributed by atoms with E-state index in [-0.39, 0.29) is 17.7 Å². The highest BCUT2D eigenvalue weighted by Gasteiger charge is 2.51. The fourth-order valence-electron chi connectivity index (χ4n) is 3.69. The predicted molar refractivity (Wildman–Crippen MR) is 84.5 cm³/mol. The van der Waals surface area contributed by atoms with Gasteiger partial charge in [0.25, 0.3) is 0 Å². The number of hydrogen-bond donors (Lipinski definition) is 2. The van der Waals surface area contributed by atoms with Crippen molar-refractivity contribution in [3.05, 3.63) is 42.0 Å². The Morgan fingerprint density at radius 1 is 1.09 bits per heavy atom. The summed E-state index contributed by atoms with van der Waals surface area (Å²) in [6, 6.07) is 7.75. The summed E-state index contributed by atoms with van der Waals surface area (Å²) in [5, 5.41) is 12.3. The molecule has 1 fully saturated rings. The number of carbonyl (C=O) groups is 2. The summed E-state index contributed by atoms with van der Waals surface area (Å²) < 4.78 is 0. The van der Waals surface area contributed by atoms with Gasteiger partial charge in [0, 0.05) is 5.69 Å². The zero-order valence-electron chi connectivity index (χ0n) is 12.8. The second-order valence-corrected chi connectivity index (χ2v) is 6.60. The predicted octanol–water partition coefficient (Wildman–Crippen LogP) is 3.27. The van der Waals surface area contributed by atoms with Crippen LogP contribution in [0.25, 0.3) is 0 Å². The van der Waals surface area contributed by atoms with Crippen LogP contribution < -0.4 is 5.32 Å². The van der Waals surface area contributed by atoms with Gasteiger partial charge in [-0.05, 0) is 41.9 Å². The van der Waals surface area contributed by atoms with Crippen molar-refractivity contribution in [2.45, 2.75) is 26.2 Å². The molecule has 0 aliphatic heterocycles. The van der Waals surface area contributed by atoms with Gasteiger partial charge < -0.3 is 10.4 Å². The van der Waals surface area contributed by atoms with Gasteiger partial charge in [0.15, 0.2) is 0 Å². The lowest BCUT2D eigenvalue weighted by Crippen LogP contribution is -2.36. The number of allylic oxidation sites excluding steroid dienone is 2. The van der Waals surface area contributed by atoms with Crippen molar-refractivity contribution >= 4 is 17.6 Å². The average molecular weight is 299 g/mol. The number of aliphatic carboxylic acids is 1. The van der Waals surface area contributed by atoms with Crippen LogP contribution in [-0.2, 0) is 9.59 Å². The fourth-order valence-corrected chi connectivity index (χ4v) is 3.69. The number of benzene rings is 1. The molecule has 4 nitrogen and oxygen atoms in total. The molecular weight excluding hydrogens is 278 g/mol. The van der Waals surface area contributed by atoms with Gasteiger partial charge in [-0.3, -0.25) is 9.59 Å². The molecule has 0 unspecified atom stereocenters. The van der Waals surface area contributed by atoms with Gasteiger partial charge in [0.1, 0.15) is 0 Å². The molecule has 0 radical (unpaired) electrons. The minimum atomic E-state index is -0.868. The van der Waals surface area contributed by atoms with Crippen LogP contribution in [0.15, 0.2) is 36.4 Å². The van der Waals surface area contributed by atoms with Gasteiger partial charge >= 0.3 is 5.97 Å². The molecule has 1 amide bonds. The first kappa shape index (κ1) is 14.8. The quantitative estimate of drug-likeness (QED) is 0.839. The lowest BCUT2D eigenvalue weighted by Gasteiger charge is -2.23. The third kappa shape index (κ3) is 2.54. The van der Waals surface area contributed by atoms with E-state index in [2.05, 4.69) is 19.2 Å². The molecule has 2 aliphatic carbocycles. The smallest absolute Gasteiger partial charge is 0.307 e. The number of carboxylic acids is 1. The largest absolute Gasteiger partial charge is 0.481 e. The van der Waals surface area contributed by atoms with E-state index >= 15 is 0 Å². The molecule has 2 bridgehead atoms. The van der Waals surface area contributed by atoms with Crippen LogP contribution in [-0.4, -0.2) is 17.0 Å². The SMILES string of the molecule is CC(C)c1ccc(NC(=O)[C@@H]2[C@H](C(=O)O)[C@H]3C=C[C@H]2C3)cc1. The van der Waals surface area contributed by atoms with Crippen molar-refractivity contribution in [1.82, 2.24) is 0 Å². The minimum Gasteiger partial charge on any atom is -0.481 e.